The number of hydrogen-bond acceptors (Lipinski definition) is 3. The molecule has 3 unspecified atom stereocenters. The lowest BCUT2D eigenvalue weighted by molar-refractivity contribution is -0.119. The fraction of sp³-hybridized carbons (Fsp3) is 0.276. The molecule has 0 radical (unpaired) electrons. The first-order valence-corrected chi connectivity index (χ1v) is 12.2. The molecule has 3 aromatic rings. The van der Waals surface area contributed by atoms with Crippen LogP contribution >= 0.6 is 0 Å². The van der Waals surface area contributed by atoms with Gasteiger partial charge in [0.05, 0.1) is 17.6 Å². The van der Waals surface area contributed by atoms with Gasteiger partial charge in [0.2, 0.25) is 12.3 Å². The van der Waals surface area contributed by atoms with Gasteiger partial charge >= 0.3 is 0 Å². The highest BCUT2D eigenvalue weighted by molar-refractivity contribution is 6.12. The van der Waals surface area contributed by atoms with Gasteiger partial charge in [-0.15, -0.1) is 0 Å². The molecule has 3 atom stereocenters. The lowest BCUT2D eigenvalue weighted by Gasteiger charge is -2.34. The van der Waals surface area contributed by atoms with E-state index in [1.807, 2.05) is 34.6 Å². The third kappa shape index (κ3) is 4.16. The number of halogens is 1. The molecule has 1 aliphatic heterocycles. The topological polar surface area (TPSA) is 103 Å². The number of carbonyl (C=O) groups is 3. The molecule has 190 valence electrons. The number of aromatic nitrogens is 1. The van der Waals surface area contributed by atoms with Gasteiger partial charge in [0.15, 0.2) is 5.41 Å². The van der Waals surface area contributed by atoms with Crippen molar-refractivity contribution < 1.29 is 18.8 Å². The van der Waals surface area contributed by atoms with E-state index in [1.54, 1.807) is 30.3 Å². The van der Waals surface area contributed by atoms with Crippen molar-refractivity contribution in [2.45, 2.75) is 52.0 Å². The molecule has 5 rings (SSSR count). The molecule has 0 saturated carbocycles. The number of hydrogen-bond donors (Lipinski definition) is 4. The number of rotatable bonds is 6. The van der Waals surface area contributed by atoms with E-state index in [-0.39, 0.29) is 23.7 Å². The van der Waals surface area contributed by atoms with Crippen LogP contribution in [0.15, 0.2) is 42.5 Å². The van der Waals surface area contributed by atoms with E-state index in [4.69, 9.17) is 0 Å². The molecule has 1 aliphatic carbocycles. The number of aryl methyl sites for hydroxylation is 1. The molecule has 2 aliphatic rings. The Bertz CT molecular complexity index is 1450. The molecule has 8 heteroatoms. The van der Waals surface area contributed by atoms with Gasteiger partial charge in [-0.05, 0) is 62.2 Å². The van der Waals surface area contributed by atoms with Gasteiger partial charge in [-0.3, -0.25) is 14.4 Å². The number of carbonyl (C=O) groups excluding carboxylic acids is 3. The van der Waals surface area contributed by atoms with Gasteiger partial charge in [0, 0.05) is 28.2 Å². The smallest absolute Gasteiger partial charge is 0.251 e. The third-order valence-electron chi connectivity index (χ3n) is 6.85. The molecule has 2 heterocycles. The molecule has 3 amide bonds. The van der Waals surface area contributed by atoms with Crippen molar-refractivity contribution in [3.8, 4) is 11.8 Å². The molecule has 0 bridgehead atoms. The predicted octanol–water partition coefficient (Wildman–Crippen LogP) is 4.85. The van der Waals surface area contributed by atoms with Crippen molar-refractivity contribution >= 4 is 29.6 Å². The van der Waals surface area contributed by atoms with Crippen LogP contribution < -0.4 is 16.0 Å². The fourth-order valence-electron chi connectivity index (χ4n) is 4.91. The molecule has 1 spiro atoms. The number of H-pyrrole nitrogens is 1. The summed E-state index contributed by atoms with van der Waals surface area (Å²) < 4.78 is 13.2. The zero-order chi connectivity index (χ0) is 26.9. The molecule has 0 fully saturated rings. The minimum atomic E-state index is -1.13. The number of benzene rings is 2. The zero-order valence-electron chi connectivity index (χ0n) is 21.4. The highest BCUT2D eigenvalue weighted by atomic mass is 19.1. The Kier molecular flexibility index (Phi) is 6.90. The Balaban J connectivity index is 0.00000156. The minimum Gasteiger partial charge on any atom is -0.359 e. The Morgan fingerprint density at radius 1 is 1.16 bits per heavy atom. The summed E-state index contributed by atoms with van der Waals surface area (Å²) in [6.45, 7) is 9.53. The summed E-state index contributed by atoms with van der Waals surface area (Å²) in [6, 6.07) is 10.7. The monoisotopic (exact) mass is 500 g/mol. The summed E-state index contributed by atoms with van der Waals surface area (Å²) >= 11 is 0. The molecule has 7 nitrogen and oxygen atoms in total. The van der Waals surface area contributed by atoms with E-state index < -0.39 is 11.3 Å². The second kappa shape index (κ2) is 9.94. The van der Waals surface area contributed by atoms with Crippen LogP contribution in [-0.4, -0.2) is 23.2 Å². The number of aromatic amines is 1. The van der Waals surface area contributed by atoms with Crippen LogP contribution in [0.5, 0.6) is 0 Å². The summed E-state index contributed by atoms with van der Waals surface area (Å²) in [5.41, 5.74) is 4.31. The maximum absolute atomic E-state index is 13.2. The van der Waals surface area contributed by atoms with Crippen molar-refractivity contribution in [2.75, 3.05) is 10.6 Å². The molecule has 2 aromatic carbocycles. The molecular weight excluding hydrogens is 471 g/mol. The average Bonchev–Trinajstić information content (AvgIpc) is 3.33. The Hall–Kier alpha value is -4.38. The van der Waals surface area contributed by atoms with Crippen molar-refractivity contribution in [3.05, 3.63) is 81.9 Å². The van der Waals surface area contributed by atoms with Gasteiger partial charge in [-0.25, -0.2) is 4.39 Å². The number of amides is 3. The lowest BCUT2D eigenvalue weighted by atomic mass is 9.64. The summed E-state index contributed by atoms with van der Waals surface area (Å²) in [7, 11) is 0. The highest BCUT2D eigenvalue weighted by Crippen LogP contribution is 2.52. The van der Waals surface area contributed by atoms with E-state index in [1.165, 1.54) is 12.1 Å². The Labute approximate surface area is 215 Å². The van der Waals surface area contributed by atoms with Crippen LogP contribution in [0, 0.1) is 31.5 Å². The minimum absolute atomic E-state index is 0.245. The van der Waals surface area contributed by atoms with Gasteiger partial charge in [-0.2, -0.15) is 0 Å². The van der Waals surface area contributed by atoms with Gasteiger partial charge in [0.25, 0.3) is 5.91 Å². The molecular formula is C29H29FN4O3. The normalized spacial score (nSPS) is 19.3. The van der Waals surface area contributed by atoms with Gasteiger partial charge in [0.1, 0.15) is 5.82 Å². The zero-order valence-corrected chi connectivity index (χ0v) is 21.4. The van der Waals surface area contributed by atoms with Gasteiger partial charge in [-0.1, -0.05) is 37.8 Å². The summed E-state index contributed by atoms with van der Waals surface area (Å²) in [5, 5.41) is 8.53. The second-order valence-corrected chi connectivity index (χ2v) is 8.90. The number of anilines is 2. The lowest BCUT2D eigenvalue weighted by Crippen LogP contribution is -2.44. The molecule has 0 saturated heterocycles. The summed E-state index contributed by atoms with van der Waals surface area (Å²) in [4.78, 5) is 40.5. The first kappa shape index (κ1) is 25.7. The second-order valence-electron chi connectivity index (χ2n) is 8.90. The van der Waals surface area contributed by atoms with Crippen LogP contribution in [0.4, 0.5) is 15.8 Å². The van der Waals surface area contributed by atoms with Crippen molar-refractivity contribution in [3.63, 3.8) is 0 Å². The maximum Gasteiger partial charge on any atom is 0.251 e. The summed E-state index contributed by atoms with van der Waals surface area (Å²) in [5.74, 6) is 4.81. The maximum atomic E-state index is 13.2. The van der Waals surface area contributed by atoms with Crippen LogP contribution in [0.3, 0.4) is 0 Å². The fourth-order valence-corrected chi connectivity index (χ4v) is 4.91. The largest absolute Gasteiger partial charge is 0.359 e. The van der Waals surface area contributed by atoms with E-state index in [9.17, 15) is 18.8 Å². The highest BCUT2D eigenvalue weighted by Gasteiger charge is 2.56. The van der Waals surface area contributed by atoms with Crippen LogP contribution in [0.25, 0.3) is 0 Å². The van der Waals surface area contributed by atoms with Gasteiger partial charge < -0.3 is 20.9 Å². The van der Waals surface area contributed by atoms with Crippen molar-refractivity contribution in [1.82, 2.24) is 10.3 Å². The van der Waals surface area contributed by atoms with E-state index in [0.717, 1.165) is 22.5 Å². The Morgan fingerprint density at radius 3 is 2.49 bits per heavy atom. The third-order valence-corrected chi connectivity index (χ3v) is 6.85. The summed E-state index contributed by atoms with van der Waals surface area (Å²) in [6.07, 6.45) is 0.616. The molecule has 4 N–H and O–H groups in total. The molecule has 37 heavy (non-hydrogen) atoms. The molecule has 1 aromatic heterocycles. The van der Waals surface area contributed by atoms with Crippen LogP contribution in [-0.2, 0) is 15.0 Å². The van der Waals surface area contributed by atoms with E-state index in [0.29, 0.717) is 28.9 Å². The van der Waals surface area contributed by atoms with E-state index >= 15 is 0 Å². The standard InChI is InChI=1S/C27H23FN4O3.C2H6/c1-14-23(29-13-33)16(3)30-24(14)20-10-11-27(20)21-12-18(6-9-22(21)32-26(27)35)25(34)31-15(2)17-4-7-19(28)8-5-17;1-2/h4-9,12-13,15,20,30H,1-3H3,(H,29,33)(H,31,34)(H,32,35);1-2H3. The van der Waals surface area contributed by atoms with E-state index in [2.05, 4.69) is 32.8 Å². The average molecular weight is 501 g/mol. The Morgan fingerprint density at radius 2 is 1.86 bits per heavy atom. The quantitative estimate of drug-likeness (QED) is 0.287. The SMILES string of the molecule is CC.Cc1[nH]c(C2C#CC23C(=O)Nc2ccc(C(=O)NC(C)c4ccc(F)cc4)cc23)c(C)c1NC=O. The van der Waals surface area contributed by atoms with Crippen molar-refractivity contribution in [2.24, 2.45) is 0 Å². The van der Waals surface area contributed by atoms with Crippen LogP contribution in [0.2, 0.25) is 0 Å². The van der Waals surface area contributed by atoms with Crippen LogP contribution in [0.1, 0.15) is 71.2 Å². The predicted molar refractivity (Wildman–Crippen MR) is 141 cm³/mol. The van der Waals surface area contributed by atoms with Crippen molar-refractivity contribution in [1.29, 1.82) is 0 Å². The number of nitrogens with one attached hydrogen (secondary N) is 4. The first-order chi connectivity index (χ1) is 17.8. The first-order valence-electron chi connectivity index (χ1n) is 12.2. The number of fused-ring (bicyclic) bond motifs is 2.